The Kier molecular flexibility index (Phi) is 9.33. The fraction of sp³-hybridized carbons (Fsp3) is 0.625. The van der Waals surface area contributed by atoms with E-state index in [4.69, 9.17) is 14.2 Å². The minimum absolute atomic E-state index is 0.642. The second-order valence-corrected chi connectivity index (χ2v) is 4.58. The van der Waals surface area contributed by atoms with Crippen LogP contribution in [-0.2, 0) is 20.6 Å². The van der Waals surface area contributed by atoms with Gasteiger partial charge < -0.3 is 14.2 Å². The zero-order valence-electron chi connectivity index (χ0n) is 12.2. The number of benzene rings is 1. The fourth-order valence-corrected chi connectivity index (χ4v) is 1.74. The third kappa shape index (κ3) is 8.76. The molecule has 0 aromatic heterocycles. The van der Waals surface area contributed by atoms with E-state index in [1.165, 1.54) is 11.1 Å². The SMILES string of the molecule is CCCOCCOCCOCCc1cccc(C)c1. The van der Waals surface area contributed by atoms with Gasteiger partial charge in [0, 0.05) is 6.61 Å². The molecule has 0 aliphatic heterocycles. The summed E-state index contributed by atoms with van der Waals surface area (Å²) in [6.45, 7) is 8.40. The third-order valence-corrected chi connectivity index (χ3v) is 2.71. The van der Waals surface area contributed by atoms with Gasteiger partial charge in [-0.15, -0.1) is 0 Å². The average Bonchev–Trinajstić information content (AvgIpc) is 2.41. The Bertz CT molecular complexity index is 326. The van der Waals surface area contributed by atoms with Crippen LogP contribution in [0.15, 0.2) is 24.3 Å². The van der Waals surface area contributed by atoms with Gasteiger partial charge in [-0.1, -0.05) is 36.8 Å². The van der Waals surface area contributed by atoms with Crippen LogP contribution in [0.1, 0.15) is 24.5 Å². The van der Waals surface area contributed by atoms with Crippen LogP contribution in [0.3, 0.4) is 0 Å². The van der Waals surface area contributed by atoms with Crippen LogP contribution >= 0.6 is 0 Å². The van der Waals surface area contributed by atoms with Gasteiger partial charge in [-0.05, 0) is 25.3 Å². The first kappa shape index (κ1) is 16.2. The Hall–Kier alpha value is -0.900. The number of hydrogen-bond donors (Lipinski definition) is 0. The van der Waals surface area contributed by atoms with E-state index in [1.807, 2.05) is 0 Å². The molecule has 1 rings (SSSR count). The summed E-state index contributed by atoms with van der Waals surface area (Å²) in [6, 6.07) is 8.53. The van der Waals surface area contributed by atoms with Crippen molar-refractivity contribution in [3.63, 3.8) is 0 Å². The molecule has 0 saturated carbocycles. The molecule has 108 valence electrons. The Morgan fingerprint density at radius 3 is 2.11 bits per heavy atom. The molecule has 3 heteroatoms. The van der Waals surface area contributed by atoms with E-state index in [1.54, 1.807) is 0 Å². The van der Waals surface area contributed by atoms with Gasteiger partial charge in [0.2, 0.25) is 0 Å². The van der Waals surface area contributed by atoms with Crippen molar-refractivity contribution >= 4 is 0 Å². The van der Waals surface area contributed by atoms with Crippen molar-refractivity contribution in [2.24, 2.45) is 0 Å². The van der Waals surface area contributed by atoms with Gasteiger partial charge in [0.1, 0.15) is 0 Å². The molecule has 0 spiro atoms. The van der Waals surface area contributed by atoms with Crippen LogP contribution in [0, 0.1) is 6.92 Å². The van der Waals surface area contributed by atoms with Gasteiger partial charge in [0.05, 0.1) is 33.0 Å². The van der Waals surface area contributed by atoms with Gasteiger partial charge in [-0.3, -0.25) is 0 Å². The molecule has 0 atom stereocenters. The summed E-state index contributed by atoms with van der Waals surface area (Å²) in [4.78, 5) is 0. The summed E-state index contributed by atoms with van der Waals surface area (Å²) >= 11 is 0. The standard InChI is InChI=1S/C16H26O3/c1-3-8-17-10-12-19-13-11-18-9-7-16-6-4-5-15(2)14-16/h4-6,14H,3,7-13H2,1-2H3. The predicted molar refractivity (Wildman–Crippen MR) is 77.6 cm³/mol. The van der Waals surface area contributed by atoms with Gasteiger partial charge in [0.15, 0.2) is 0 Å². The highest BCUT2D eigenvalue weighted by Gasteiger charge is 1.94. The van der Waals surface area contributed by atoms with Crippen molar-refractivity contribution in [3.05, 3.63) is 35.4 Å². The highest BCUT2D eigenvalue weighted by Crippen LogP contribution is 2.04. The van der Waals surface area contributed by atoms with Crippen LogP contribution in [0.5, 0.6) is 0 Å². The first-order valence-electron chi connectivity index (χ1n) is 7.11. The number of aryl methyl sites for hydroxylation is 1. The summed E-state index contributed by atoms with van der Waals surface area (Å²) in [6.07, 6.45) is 2.02. The molecule has 0 N–H and O–H groups in total. The molecule has 3 nitrogen and oxygen atoms in total. The Morgan fingerprint density at radius 1 is 0.842 bits per heavy atom. The van der Waals surface area contributed by atoms with E-state index in [0.29, 0.717) is 26.4 Å². The molecule has 1 aromatic rings. The maximum absolute atomic E-state index is 5.54. The summed E-state index contributed by atoms with van der Waals surface area (Å²) < 4.78 is 16.3. The van der Waals surface area contributed by atoms with Crippen LogP contribution < -0.4 is 0 Å². The minimum Gasteiger partial charge on any atom is -0.379 e. The summed E-state index contributed by atoms with van der Waals surface area (Å²) in [5.41, 5.74) is 2.63. The van der Waals surface area contributed by atoms with E-state index >= 15 is 0 Å². The Morgan fingerprint density at radius 2 is 1.47 bits per heavy atom. The van der Waals surface area contributed by atoms with Crippen molar-refractivity contribution in [2.75, 3.05) is 39.6 Å². The normalized spacial score (nSPS) is 10.8. The molecule has 0 fully saturated rings. The Labute approximate surface area is 116 Å². The first-order valence-corrected chi connectivity index (χ1v) is 7.11. The summed E-state index contributed by atoms with van der Waals surface area (Å²) in [7, 11) is 0. The Balaban J connectivity index is 1.89. The minimum atomic E-state index is 0.642. The molecular formula is C16H26O3. The monoisotopic (exact) mass is 266 g/mol. The molecule has 0 aliphatic rings. The highest BCUT2D eigenvalue weighted by molar-refractivity contribution is 5.22. The van der Waals surface area contributed by atoms with E-state index < -0.39 is 0 Å². The maximum atomic E-state index is 5.54. The lowest BCUT2D eigenvalue weighted by atomic mass is 10.1. The first-order chi connectivity index (χ1) is 9.33. The largest absolute Gasteiger partial charge is 0.379 e. The zero-order valence-corrected chi connectivity index (χ0v) is 12.2. The summed E-state index contributed by atoms with van der Waals surface area (Å²) in [5, 5.41) is 0. The van der Waals surface area contributed by atoms with Crippen molar-refractivity contribution in [2.45, 2.75) is 26.7 Å². The molecule has 0 bridgehead atoms. The smallest absolute Gasteiger partial charge is 0.0701 e. The van der Waals surface area contributed by atoms with Crippen molar-refractivity contribution in [1.29, 1.82) is 0 Å². The number of ether oxygens (including phenoxy) is 3. The van der Waals surface area contributed by atoms with E-state index in [-0.39, 0.29) is 0 Å². The molecule has 19 heavy (non-hydrogen) atoms. The van der Waals surface area contributed by atoms with Gasteiger partial charge in [-0.25, -0.2) is 0 Å². The summed E-state index contributed by atoms with van der Waals surface area (Å²) in [5.74, 6) is 0. The molecule has 0 saturated heterocycles. The van der Waals surface area contributed by atoms with E-state index in [2.05, 4.69) is 38.1 Å². The van der Waals surface area contributed by atoms with Crippen LogP contribution in [-0.4, -0.2) is 39.6 Å². The maximum Gasteiger partial charge on any atom is 0.0701 e. The lowest BCUT2D eigenvalue weighted by Crippen LogP contribution is -2.10. The molecular weight excluding hydrogens is 240 g/mol. The number of rotatable bonds is 11. The van der Waals surface area contributed by atoms with Gasteiger partial charge >= 0.3 is 0 Å². The quantitative estimate of drug-likeness (QED) is 0.576. The van der Waals surface area contributed by atoms with Crippen molar-refractivity contribution in [3.8, 4) is 0 Å². The topological polar surface area (TPSA) is 27.7 Å². The predicted octanol–water partition coefficient (Wildman–Crippen LogP) is 3.00. The van der Waals surface area contributed by atoms with Crippen LogP contribution in [0.4, 0.5) is 0 Å². The van der Waals surface area contributed by atoms with Crippen LogP contribution in [0.25, 0.3) is 0 Å². The molecule has 0 radical (unpaired) electrons. The molecule has 0 unspecified atom stereocenters. The zero-order chi connectivity index (χ0) is 13.8. The molecule has 1 aromatic carbocycles. The second-order valence-electron chi connectivity index (χ2n) is 4.58. The van der Waals surface area contributed by atoms with E-state index in [0.717, 1.165) is 26.1 Å². The molecule has 0 aliphatic carbocycles. The van der Waals surface area contributed by atoms with Crippen LogP contribution in [0.2, 0.25) is 0 Å². The number of hydrogen-bond acceptors (Lipinski definition) is 3. The average molecular weight is 266 g/mol. The van der Waals surface area contributed by atoms with Gasteiger partial charge in [0.25, 0.3) is 0 Å². The van der Waals surface area contributed by atoms with Gasteiger partial charge in [-0.2, -0.15) is 0 Å². The third-order valence-electron chi connectivity index (χ3n) is 2.71. The molecule has 0 heterocycles. The van der Waals surface area contributed by atoms with E-state index in [9.17, 15) is 0 Å². The second kappa shape index (κ2) is 11.0. The molecule has 0 amide bonds. The lowest BCUT2D eigenvalue weighted by Gasteiger charge is -2.07. The highest BCUT2D eigenvalue weighted by atomic mass is 16.5. The van der Waals surface area contributed by atoms with Crippen molar-refractivity contribution < 1.29 is 14.2 Å². The van der Waals surface area contributed by atoms with Crippen molar-refractivity contribution in [1.82, 2.24) is 0 Å². The fourth-order valence-electron chi connectivity index (χ4n) is 1.74. The lowest BCUT2D eigenvalue weighted by molar-refractivity contribution is 0.0152.